The highest BCUT2D eigenvalue weighted by Gasteiger charge is 2.56. The molecule has 140 valence electrons. The van der Waals surface area contributed by atoms with Gasteiger partial charge in [-0.1, -0.05) is 30.3 Å². The van der Waals surface area contributed by atoms with Crippen LogP contribution in [0.1, 0.15) is 43.7 Å². The lowest BCUT2D eigenvalue weighted by atomic mass is 9.87. The minimum atomic E-state index is -0.961. The summed E-state index contributed by atoms with van der Waals surface area (Å²) in [4.78, 5) is 39.4. The molecule has 3 rings (SSSR count). The number of carbonyl (C=O) groups is 3. The van der Waals surface area contributed by atoms with Crippen LogP contribution in [0.2, 0.25) is 0 Å². The van der Waals surface area contributed by atoms with Gasteiger partial charge in [0.25, 0.3) is 0 Å². The van der Waals surface area contributed by atoms with Crippen LogP contribution in [0.25, 0.3) is 0 Å². The molecule has 1 aromatic rings. The molecule has 3 atom stereocenters. The van der Waals surface area contributed by atoms with Gasteiger partial charge in [0.15, 0.2) is 6.04 Å². The van der Waals surface area contributed by atoms with Gasteiger partial charge in [0.2, 0.25) is 5.91 Å². The van der Waals surface area contributed by atoms with E-state index in [0.29, 0.717) is 18.4 Å². The van der Waals surface area contributed by atoms with Gasteiger partial charge in [-0.05, 0) is 37.7 Å². The molecule has 1 unspecified atom stereocenters. The highest BCUT2D eigenvalue weighted by atomic mass is 16.5. The van der Waals surface area contributed by atoms with E-state index in [1.807, 2.05) is 6.07 Å². The average Bonchev–Trinajstić information content (AvgIpc) is 2.91. The van der Waals surface area contributed by atoms with Crippen molar-refractivity contribution in [1.29, 1.82) is 0 Å². The number of nitrogens with zero attached hydrogens (tertiary/aromatic N) is 1. The third kappa shape index (κ3) is 3.02. The Labute approximate surface area is 152 Å². The fraction of sp³-hybridized carbons (Fsp3) is 0.526. The topological polar surface area (TPSA) is 84.9 Å². The first-order valence-electron chi connectivity index (χ1n) is 8.84. The zero-order chi connectivity index (χ0) is 18.7. The number of nitrogens with one attached hydrogen (secondary N) is 1. The van der Waals surface area contributed by atoms with Gasteiger partial charge in [0.05, 0.1) is 14.2 Å². The van der Waals surface area contributed by atoms with Crippen LogP contribution in [0.5, 0.6) is 0 Å². The van der Waals surface area contributed by atoms with Gasteiger partial charge in [0.1, 0.15) is 5.54 Å². The third-order valence-corrected chi connectivity index (χ3v) is 5.48. The van der Waals surface area contributed by atoms with Gasteiger partial charge >= 0.3 is 12.1 Å². The zero-order valence-corrected chi connectivity index (χ0v) is 15.1. The second-order valence-corrected chi connectivity index (χ2v) is 6.80. The molecule has 2 saturated heterocycles. The second kappa shape index (κ2) is 7.35. The molecule has 2 heterocycles. The van der Waals surface area contributed by atoms with Crippen molar-refractivity contribution < 1.29 is 23.9 Å². The molecule has 0 spiro atoms. The van der Waals surface area contributed by atoms with Crippen molar-refractivity contribution in [2.75, 3.05) is 14.2 Å². The van der Waals surface area contributed by atoms with Crippen LogP contribution >= 0.6 is 0 Å². The molecular weight excluding hydrogens is 336 g/mol. The summed E-state index contributed by atoms with van der Waals surface area (Å²) < 4.78 is 9.79. The zero-order valence-electron chi connectivity index (χ0n) is 15.1. The molecule has 1 aromatic carbocycles. The van der Waals surface area contributed by atoms with Crippen LogP contribution < -0.4 is 5.32 Å². The average molecular weight is 360 g/mol. The van der Waals surface area contributed by atoms with E-state index in [1.165, 1.54) is 14.2 Å². The van der Waals surface area contributed by atoms with E-state index in [-0.39, 0.29) is 11.9 Å². The molecule has 0 aliphatic carbocycles. The third-order valence-electron chi connectivity index (χ3n) is 5.48. The van der Waals surface area contributed by atoms with Crippen LogP contribution in [0.15, 0.2) is 30.3 Å². The number of rotatable bonds is 4. The Morgan fingerprint density at radius 2 is 1.85 bits per heavy atom. The maximum atomic E-state index is 13.2. The summed E-state index contributed by atoms with van der Waals surface area (Å²) in [7, 11) is 2.61. The quantitative estimate of drug-likeness (QED) is 0.832. The van der Waals surface area contributed by atoms with Crippen molar-refractivity contribution in [1.82, 2.24) is 10.2 Å². The maximum Gasteiger partial charge on any atom is 0.410 e. The monoisotopic (exact) mass is 360 g/mol. The molecule has 7 heteroatoms. The first-order chi connectivity index (χ1) is 12.5. The number of piperidine rings is 1. The molecule has 2 bridgehead atoms. The minimum absolute atomic E-state index is 0.00949. The van der Waals surface area contributed by atoms with Crippen LogP contribution in [-0.2, 0) is 19.1 Å². The largest absolute Gasteiger partial charge is 0.467 e. The van der Waals surface area contributed by atoms with Crippen LogP contribution in [-0.4, -0.2) is 48.7 Å². The number of carbonyl (C=O) groups excluding carboxylic acids is 3. The minimum Gasteiger partial charge on any atom is -0.467 e. The summed E-state index contributed by atoms with van der Waals surface area (Å²) in [5, 5.41) is 2.82. The van der Waals surface area contributed by atoms with Crippen LogP contribution in [0.4, 0.5) is 4.79 Å². The first-order valence-corrected chi connectivity index (χ1v) is 8.84. The number of amides is 2. The standard InChI is InChI=1S/C19H24N2O5/c1-25-16(22)15(13-7-4-3-5-8-13)20-17(23)19-11-6-9-14(10-12-19)21(19)18(24)26-2/h3-5,7-8,14-15H,6,9-12H2,1-2H3,(H,20,23)/t14?,15-,19+/m0/s1. The van der Waals surface area contributed by atoms with Crippen molar-refractivity contribution in [2.24, 2.45) is 0 Å². The number of hydrogen-bond donors (Lipinski definition) is 1. The molecule has 0 saturated carbocycles. The van der Waals surface area contributed by atoms with Gasteiger partial charge < -0.3 is 14.8 Å². The number of benzene rings is 1. The lowest BCUT2D eigenvalue weighted by molar-refractivity contribution is -0.147. The van der Waals surface area contributed by atoms with Crippen LogP contribution in [0, 0.1) is 0 Å². The van der Waals surface area contributed by atoms with E-state index in [0.717, 1.165) is 19.3 Å². The second-order valence-electron chi connectivity index (χ2n) is 6.80. The highest BCUT2D eigenvalue weighted by molar-refractivity contribution is 5.94. The molecular formula is C19H24N2O5. The molecule has 26 heavy (non-hydrogen) atoms. The molecule has 7 nitrogen and oxygen atoms in total. The van der Waals surface area contributed by atoms with E-state index in [4.69, 9.17) is 9.47 Å². The first kappa shape index (κ1) is 18.2. The lowest BCUT2D eigenvalue weighted by Crippen LogP contribution is -2.61. The summed E-state index contributed by atoms with van der Waals surface area (Å²) in [5.41, 5.74) is -0.323. The van der Waals surface area contributed by atoms with Gasteiger partial charge in [-0.2, -0.15) is 0 Å². The summed E-state index contributed by atoms with van der Waals surface area (Å²) in [6.45, 7) is 0. The predicted octanol–water partition coefficient (Wildman–Crippen LogP) is 2.17. The van der Waals surface area contributed by atoms with Gasteiger partial charge in [0, 0.05) is 6.04 Å². The number of esters is 1. The van der Waals surface area contributed by atoms with Crippen molar-refractivity contribution >= 4 is 18.0 Å². The van der Waals surface area contributed by atoms with Crippen molar-refractivity contribution in [2.45, 2.75) is 49.7 Å². The summed E-state index contributed by atoms with van der Waals surface area (Å²) in [6.07, 6.45) is 3.13. The Morgan fingerprint density at radius 3 is 2.50 bits per heavy atom. The summed E-state index contributed by atoms with van der Waals surface area (Å²) in [6, 6.07) is 8.04. The normalized spacial score (nSPS) is 25.3. The van der Waals surface area contributed by atoms with E-state index >= 15 is 0 Å². The lowest BCUT2D eigenvalue weighted by Gasteiger charge is -2.42. The molecule has 2 aliphatic rings. The number of methoxy groups -OCH3 is 2. The van der Waals surface area contributed by atoms with Crippen LogP contribution in [0.3, 0.4) is 0 Å². The fourth-order valence-electron chi connectivity index (χ4n) is 4.22. The Balaban J connectivity index is 1.89. The van der Waals surface area contributed by atoms with Crippen molar-refractivity contribution in [3.05, 3.63) is 35.9 Å². The Bertz CT molecular complexity index is 688. The number of hydrogen-bond acceptors (Lipinski definition) is 5. The van der Waals surface area contributed by atoms with Crippen molar-refractivity contribution in [3.8, 4) is 0 Å². The Morgan fingerprint density at radius 1 is 1.12 bits per heavy atom. The van der Waals surface area contributed by atoms with E-state index in [9.17, 15) is 14.4 Å². The summed E-state index contributed by atoms with van der Waals surface area (Å²) >= 11 is 0. The van der Waals surface area contributed by atoms with E-state index in [1.54, 1.807) is 29.2 Å². The molecule has 0 aromatic heterocycles. The molecule has 1 N–H and O–H groups in total. The van der Waals surface area contributed by atoms with Gasteiger partial charge in [-0.25, -0.2) is 9.59 Å². The van der Waals surface area contributed by atoms with Gasteiger partial charge in [-0.15, -0.1) is 0 Å². The predicted molar refractivity (Wildman–Crippen MR) is 93.2 cm³/mol. The van der Waals surface area contributed by atoms with E-state index in [2.05, 4.69) is 5.32 Å². The fourth-order valence-corrected chi connectivity index (χ4v) is 4.22. The highest BCUT2D eigenvalue weighted by Crippen LogP contribution is 2.45. The maximum absolute atomic E-state index is 13.2. The molecule has 2 amide bonds. The SMILES string of the molecule is COC(=O)[C@@H](NC(=O)[C@@]12CCCC(CC1)N2C(=O)OC)c1ccccc1. The molecule has 2 fully saturated rings. The van der Waals surface area contributed by atoms with E-state index < -0.39 is 23.6 Å². The number of ether oxygens (including phenoxy) is 2. The van der Waals surface area contributed by atoms with Crippen molar-refractivity contribution in [3.63, 3.8) is 0 Å². The smallest absolute Gasteiger partial charge is 0.410 e. The number of fused-ring (bicyclic) bond motifs is 2. The Kier molecular flexibility index (Phi) is 5.15. The Hall–Kier alpha value is -2.57. The van der Waals surface area contributed by atoms with Gasteiger partial charge in [-0.3, -0.25) is 9.69 Å². The molecule has 0 radical (unpaired) electrons. The summed E-state index contributed by atoms with van der Waals surface area (Å²) in [5.74, 6) is -0.875. The molecule has 2 aliphatic heterocycles.